The van der Waals surface area contributed by atoms with Gasteiger partial charge in [0.05, 0.1) is 34.6 Å². The van der Waals surface area contributed by atoms with Crippen LogP contribution in [0.25, 0.3) is 22.4 Å². The second kappa shape index (κ2) is 8.45. The van der Waals surface area contributed by atoms with Crippen molar-refractivity contribution in [1.29, 1.82) is 0 Å². The number of benzene rings is 1. The fourth-order valence-corrected chi connectivity index (χ4v) is 4.63. The number of hydrogen-bond donors (Lipinski definition) is 1. The Morgan fingerprint density at radius 1 is 1.15 bits per heavy atom. The van der Waals surface area contributed by atoms with Crippen molar-refractivity contribution >= 4 is 45.6 Å². The molecule has 1 saturated heterocycles. The van der Waals surface area contributed by atoms with Crippen molar-refractivity contribution in [2.24, 2.45) is 0 Å². The highest BCUT2D eigenvalue weighted by atomic mass is 32.2. The van der Waals surface area contributed by atoms with Crippen LogP contribution >= 0.6 is 11.8 Å². The van der Waals surface area contributed by atoms with E-state index in [2.05, 4.69) is 15.5 Å². The summed E-state index contributed by atoms with van der Waals surface area (Å²) >= 11 is 1.00. The van der Waals surface area contributed by atoms with Crippen molar-refractivity contribution in [3.05, 3.63) is 64.7 Å². The number of pyridine rings is 1. The van der Waals surface area contributed by atoms with Crippen molar-refractivity contribution in [3.8, 4) is 11.3 Å². The molecule has 0 saturated carbocycles. The average molecular weight is 477 g/mol. The van der Waals surface area contributed by atoms with Crippen LogP contribution in [0.5, 0.6) is 0 Å². The Bertz CT molecular complexity index is 1440. The lowest BCUT2D eigenvalue weighted by atomic mass is 10.1. The van der Waals surface area contributed by atoms with E-state index in [1.54, 1.807) is 37.3 Å². The van der Waals surface area contributed by atoms with Crippen molar-refractivity contribution in [2.45, 2.75) is 27.3 Å². The second-order valence-electron chi connectivity index (χ2n) is 8.02. The Balaban J connectivity index is 1.42. The summed E-state index contributed by atoms with van der Waals surface area (Å²) in [4.78, 5) is 42.7. The maximum absolute atomic E-state index is 13.3. The van der Waals surface area contributed by atoms with Crippen molar-refractivity contribution in [3.63, 3.8) is 0 Å². The van der Waals surface area contributed by atoms with Crippen LogP contribution < -0.4 is 5.32 Å². The summed E-state index contributed by atoms with van der Waals surface area (Å²) in [6.07, 6.45) is 0. The molecule has 1 aromatic carbocycles. The molecule has 0 bridgehead atoms. The Hall–Kier alpha value is -3.92. The van der Waals surface area contributed by atoms with Crippen LogP contribution in [-0.4, -0.2) is 37.8 Å². The van der Waals surface area contributed by atoms with E-state index in [1.165, 1.54) is 4.90 Å². The van der Waals surface area contributed by atoms with Crippen LogP contribution in [0.3, 0.4) is 0 Å². The number of nitrogens with zero attached hydrogens (tertiary/aromatic N) is 3. The van der Waals surface area contributed by atoms with Gasteiger partial charge in [-0.1, -0.05) is 29.1 Å². The molecule has 34 heavy (non-hydrogen) atoms. The third kappa shape index (κ3) is 3.96. The minimum absolute atomic E-state index is 0.176. The highest BCUT2D eigenvalue weighted by molar-refractivity contribution is 8.14. The van der Waals surface area contributed by atoms with Gasteiger partial charge in [-0.15, -0.1) is 0 Å². The molecule has 4 heterocycles. The number of furan rings is 1. The van der Waals surface area contributed by atoms with Crippen LogP contribution in [-0.2, 0) is 11.3 Å². The minimum atomic E-state index is -0.341. The molecule has 0 unspecified atom stereocenters. The summed E-state index contributed by atoms with van der Waals surface area (Å²) in [6.45, 7) is 5.64. The van der Waals surface area contributed by atoms with Crippen molar-refractivity contribution < 1.29 is 23.3 Å². The Morgan fingerprint density at radius 2 is 1.91 bits per heavy atom. The smallest absolute Gasteiger partial charge is 0.289 e. The number of fused-ring (bicyclic) bond motifs is 1. The number of carbonyl (C=O) groups excluding carboxylic acids is 3. The Labute approximate surface area is 198 Å². The minimum Gasteiger partial charge on any atom is -0.466 e. The summed E-state index contributed by atoms with van der Waals surface area (Å²) < 4.78 is 11.0. The first-order valence-electron chi connectivity index (χ1n) is 10.5. The maximum Gasteiger partial charge on any atom is 0.289 e. The topological polar surface area (TPSA) is 119 Å². The van der Waals surface area contributed by atoms with Gasteiger partial charge in [-0.05, 0) is 50.6 Å². The number of carbonyl (C=O) groups is 3. The first-order chi connectivity index (χ1) is 16.3. The van der Waals surface area contributed by atoms with E-state index in [0.29, 0.717) is 33.8 Å². The molecular formula is C24H20N4O5S. The number of anilines is 1. The van der Waals surface area contributed by atoms with E-state index in [-0.39, 0.29) is 35.1 Å². The maximum atomic E-state index is 13.3. The van der Waals surface area contributed by atoms with E-state index in [9.17, 15) is 14.4 Å². The molecule has 4 aromatic rings. The van der Waals surface area contributed by atoms with E-state index >= 15 is 0 Å². The molecule has 5 rings (SSSR count). The van der Waals surface area contributed by atoms with Gasteiger partial charge < -0.3 is 14.3 Å². The number of aromatic nitrogens is 2. The van der Waals surface area contributed by atoms with Gasteiger partial charge in [0, 0.05) is 11.3 Å². The molecule has 9 nitrogen and oxygen atoms in total. The van der Waals surface area contributed by atoms with Gasteiger partial charge in [-0.25, -0.2) is 4.98 Å². The average Bonchev–Trinajstić information content (AvgIpc) is 3.46. The third-order valence-electron chi connectivity index (χ3n) is 5.57. The molecular weight excluding hydrogens is 456 g/mol. The van der Waals surface area contributed by atoms with Crippen LogP contribution in [0, 0.1) is 20.8 Å². The van der Waals surface area contributed by atoms with Crippen molar-refractivity contribution in [1.82, 2.24) is 15.0 Å². The summed E-state index contributed by atoms with van der Waals surface area (Å²) in [6, 6.07) is 10.6. The Morgan fingerprint density at radius 3 is 2.56 bits per heavy atom. The fourth-order valence-electron chi connectivity index (χ4n) is 3.91. The third-order valence-corrected chi connectivity index (χ3v) is 6.43. The molecule has 1 aliphatic rings. The van der Waals surface area contributed by atoms with Gasteiger partial charge in [0.1, 0.15) is 11.5 Å². The van der Waals surface area contributed by atoms with E-state index in [1.807, 2.05) is 19.9 Å². The molecule has 3 aromatic heterocycles. The number of nitrogens with one attached hydrogen (secondary N) is 1. The zero-order chi connectivity index (χ0) is 24.0. The SMILES string of the molecule is Cc1cc(-c2cc(C(=O)Nc3ccc(CN4C(=O)CSC4=O)cc3)c3c(C)noc3n2)c(C)o1. The number of rotatable bonds is 5. The predicted molar refractivity (Wildman–Crippen MR) is 127 cm³/mol. The molecule has 1 fully saturated rings. The Kier molecular flexibility index (Phi) is 5.45. The first-order valence-corrected chi connectivity index (χ1v) is 11.5. The van der Waals surface area contributed by atoms with Gasteiger partial charge >= 0.3 is 0 Å². The van der Waals surface area contributed by atoms with Gasteiger partial charge in [0.2, 0.25) is 5.91 Å². The number of thioether (sulfide) groups is 1. The quantitative estimate of drug-likeness (QED) is 0.434. The molecule has 3 amide bonds. The largest absolute Gasteiger partial charge is 0.466 e. The first kappa shape index (κ1) is 21.9. The van der Waals surface area contributed by atoms with Gasteiger partial charge in [0.25, 0.3) is 16.9 Å². The standard InChI is InChI=1S/C24H20N4O5S/c1-12-8-17(14(3)32-12)19-9-18(21-13(2)27-33-23(21)26-19)22(30)25-16-6-4-15(5-7-16)10-28-20(29)11-34-24(28)31/h4-9H,10-11H2,1-3H3,(H,25,30). The number of hydrogen-bond acceptors (Lipinski definition) is 8. The summed E-state index contributed by atoms with van der Waals surface area (Å²) in [5, 5.41) is 7.17. The number of aryl methyl sites for hydroxylation is 3. The molecule has 172 valence electrons. The van der Waals surface area contributed by atoms with Gasteiger partial charge in [-0.3, -0.25) is 19.3 Å². The van der Waals surface area contributed by atoms with Gasteiger partial charge in [-0.2, -0.15) is 0 Å². The molecule has 0 aliphatic carbocycles. The van der Waals surface area contributed by atoms with Gasteiger partial charge in [0.15, 0.2) is 0 Å². The van der Waals surface area contributed by atoms with Crippen LogP contribution in [0.2, 0.25) is 0 Å². The molecule has 1 N–H and O–H groups in total. The highest BCUT2D eigenvalue weighted by Crippen LogP contribution is 2.31. The monoisotopic (exact) mass is 476 g/mol. The molecule has 10 heteroatoms. The lowest BCUT2D eigenvalue weighted by molar-refractivity contribution is -0.125. The molecule has 1 aliphatic heterocycles. The zero-order valence-corrected chi connectivity index (χ0v) is 19.5. The number of imide groups is 1. The lowest BCUT2D eigenvalue weighted by Crippen LogP contribution is -2.27. The van der Waals surface area contributed by atoms with Crippen LogP contribution in [0.4, 0.5) is 10.5 Å². The summed E-state index contributed by atoms with van der Waals surface area (Å²) in [7, 11) is 0. The number of amides is 3. The van der Waals surface area contributed by atoms with Crippen molar-refractivity contribution in [2.75, 3.05) is 11.1 Å². The van der Waals surface area contributed by atoms with E-state index in [4.69, 9.17) is 8.94 Å². The van der Waals surface area contributed by atoms with E-state index < -0.39 is 0 Å². The fraction of sp³-hybridized carbons (Fsp3) is 0.208. The summed E-state index contributed by atoms with van der Waals surface area (Å²) in [5.41, 5.74) is 3.90. The summed E-state index contributed by atoms with van der Waals surface area (Å²) in [5.74, 6) is 1.07. The van der Waals surface area contributed by atoms with Crippen LogP contribution in [0.1, 0.15) is 33.1 Å². The predicted octanol–water partition coefficient (Wildman–Crippen LogP) is 4.86. The normalized spacial score (nSPS) is 13.8. The molecule has 0 radical (unpaired) electrons. The zero-order valence-electron chi connectivity index (χ0n) is 18.7. The van der Waals surface area contributed by atoms with E-state index in [0.717, 1.165) is 28.6 Å². The lowest BCUT2D eigenvalue weighted by Gasteiger charge is -2.13. The highest BCUT2D eigenvalue weighted by Gasteiger charge is 2.29. The second-order valence-corrected chi connectivity index (χ2v) is 8.94. The molecule has 0 spiro atoms. The van der Waals surface area contributed by atoms with Crippen LogP contribution in [0.15, 0.2) is 45.3 Å². The molecule has 0 atom stereocenters.